The SMILES string of the molecule is C#CCCCOC(=O)c1cccc(C(=O)NC)c1. The van der Waals surface area contributed by atoms with Gasteiger partial charge in [0, 0.05) is 19.0 Å². The van der Waals surface area contributed by atoms with Crippen LogP contribution in [0.2, 0.25) is 0 Å². The van der Waals surface area contributed by atoms with Crippen LogP contribution in [0.5, 0.6) is 0 Å². The van der Waals surface area contributed by atoms with Crippen LogP contribution < -0.4 is 5.32 Å². The minimum absolute atomic E-state index is 0.239. The smallest absolute Gasteiger partial charge is 0.338 e. The largest absolute Gasteiger partial charge is 0.462 e. The topological polar surface area (TPSA) is 55.4 Å². The van der Waals surface area contributed by atoms with E-state index in [1.165, 1.54) is 13.1 Å². The van der Waals surface area contributed by atoms with Crippen molar-refractivity contribution in [3.63, 3.8) is 0 Å². The highest BCUT2D eigenvalue weighted by Gasteiger charge is 2.10. The van der Waals surface area contributed by atoms with Gasteiger partial charge >= 0.3 is 5.97 Å². The molecule has 0 saturated heterocycles. The summed E-state index contributed by atoms with van der Waals surface area (Å²) in [4.78, 5) is 23.1. The highest BCUT2D eigenvalue weighted by Crippen LogP contribution is 2.07. The molecule has 0 aromatic heterocycles. The molecule has 0 aliphatic rings. The average molecular weight is 245 g/mol. The van der Waals surface area contributed by atoms with Crippen molar-refractivity contribution in [2.75, 3.05) is 13.7 Å². The molecule has 0 aliphatic carbocycles. The molecule has 0 fully saturated rings. The second-order valence-electron chi connectivity index (χ2n) is 3.60. The van der Waals surface area contributed by atoms with Crippen molar-refractivity contribution in [1.29, 1.82) is 0 Å². The summed E-state index contributed by atoms with van der Waals surface area (Å²) in [6.07, 6.45) is 6.30. The fraction of sp³-hybridized carbons (Fsp3) is 0.286. The van der Waals surface area contributed by atoms with Crippen LogP contribution in [0.15, 0.2) is 24.3 Å². The van der Waals surface area contributed by atoms with Crippen molar-refractivity contribution < 1.29 is 14.3 Å². The van der Waals surface area contributed by atoms with E-state index in [1.54, 1.807) is 18.2 Å². The van der Waals surface area contributed by atoms with Gasteiger partial charge in [0.2, 0.25) is 0 Å². The van der Waals surface area contributed by atoms with E-state index in [0.29, 0.717) is 24.0 Å². The summed E-state index contributed by atoms with van der Waals surface area (Å²) in [7, 11) is 1.53. The molecule has 0 bridgehead atoms. The summed E-state index contributed by atoms with van der Waals surface area (Å²) in [5, 5.41) is 2.49. The summed E-state index contributed by atoms with van der Waals surface area (Å²) < 4.78 is 5.03. The van der Waals surface area contributed by atoms with E-state index in [-0.39, 0.29) is 12.5 Å². The Labute approximate surface area is 106 Å². The van der Waals surface area contributed by atoms with E-state index in [2.05, 4.69) is 11.2 Å². The third-order valence-electron chi connectivity index (χ3n) is 2.29. The monoisotopic (exact) mass is 245 g/mol. The molecule has 1 aromatic carbocycles. The zero-order valence-corrected chi connectivity index (χ0v) is 10.2. The Kier molecular flexibility index (Phi) is 5.46. The maximum absolute atomic E-state index is 11.7. The lowest BCUT2D eigenvalue weighted by atomic mass is 10.1. The number of nitrogens with one attached hydrogen (secondary N) is 1. The standard InChI is InChI=1S/C14H15NO3/c1-3-4-5-9-18-14(17)12-8-6-7-11(10-12)13(16)15-2/h1,6-8,10H,4-5,9H2,2H3,(H,15,16). The number of ether oxygens (including phenoxy) is 1. The van der Waals surface area contributed by atoms with E-state index in [0.717, 1.165) is 0 Å². The summed E-state index contributed by atoms with van der Waals surface area (Å²) in [5.41, 5.74) is 0.785. The summed E-state index contributed by atoms with van der Waals surface area (Å²) >= 11 is 0. The van der Waals surface area contributed by atoms with Gasteiger partial charge in [-0.2, -0.15) is 0 Å². The van der Waals surface area contributed by atoms with Crippen LogP contribution in [0.1, 0.15) is 33.6 Å². The fourth-order valence-corrected chi connectivity index (χ4v) is 1.35. The van der Waals surface area contributed by atoms with Gasteiger partial charge < -0.3 is 10.1 Å². The van der Waals surface area contributed by atoms with E-state index < -0.39 is 5.97 Å². The maximum Gasteiger partial charge on any atom is 0.338 e. The second kappa shape index (κ2) is 7.13. The predicted octanol–water partition coefficient (Wildman–Crippen LogP) is 1.62. The molecule has 1 aromatic rings. The van der Waals surface area contributed by atoms with Gasteiger partial charge in [0.1, 0.15) is 0 Å². The van der Waals surface area contributed by atoms with Crippen molar-refractivity contribution in [2.45, 2.75) is 12.8 Å². The first-order valence-electron chi connectivity index (χ1n) is 5.61. The molecule has 0 heterocycles. The van der Waals surface area contributed by atoms with Crippen LogP contribution in [-0.2, 0) is 4.74 Å². The van der Waals surface area contributed by atoms with Gasteiger partial charge in [-0.1, -0.05) is 6.07 Å². The van der Waals surface area contributed by atoms with Crippen molar-refractivity contribution in [1.82, 2.24) is 5.32 Å². The molecular weight excluding hydrogens is 230 g/mol. The third-order valence-corrected chi connectivity index (χ3v) is 2.29. The molecule has 0 unspecified atom stereocenters. The quantitative estimate of drug-likeness (QED) is 0.487. The number of rotatable bonds is 5. The number of esters is 1. The molecule has 94 valence electrons. The fourth-order valence-electron chi connectivity index (χ4n) is 1.35. The minimum atomic E-state index is -0.447. The van der Waals surface area contributed by atoms with Crippen molar-refractivity contribution in [3.05, 3.63) is 35.4 Å². The highest BCUT2D eigenvalue weighted by atomic mass is 16.5. The van der Waals surface area contributed by atoms with Crippen LogP contribution in [-0.4, -0.2) is 25.5 Å². The normalized spacial score (nSPS) is 9.33. The Morgan fingerprint density at radius 2 is 2.11 bits per heavy atom. The molecular formula is C14H15NO3. The number of amides is 1. The molecule has 1 rings (SSSR count). The molecule has 0 atom stereocenters. The first-order valence-corrected chi connectivity index (χ1v) is 5.61. The lowest BCUT2D eigenvalue weighted by Crippen LogP contribution is -2.18. The maximum atomic E-state index is 11.7. The Morgan fingerprint density at radius 1 is 1.39 bits per heavy atom. The molecule has 0 spiro atoms. The number of unbranched alkanes of at least 4 members (excludes halogenated alkanes) is 1. The highest BCUT2D eigenvalue weighted by molar-refractivity contribution is 5.97. The lowest BCUT2D eigenvalue weighted by Gasteiger charge is -2.05. The van der Waals surface area contributed by atoms with Gasteiger partial charge in [0.15, 0.2) is 0 Å². The van der Waals surface area contributed by atoms with Crippen LogP contribution in [0.3, 0.4) is 0 Å². The van der Waals surface area contributed by atoms with Crippen molar-refractivity contribution in [2.24, 2.45) is 0 Å². The van der Waals surface area contributed by atoms with Gasteiger partial charge in [0.05, 0.1) is 12.2 Å². The second-order valence-corrected chi connectivity index (χ2v) is 3.60. The molecule has 0 radical (unpaired) electrons. The van der Waals surface area contributed by atoms with E-state index in [9.17, 15) is 9.59 Å². The number of benzene rings is 1. The molecule has 18 heavy (non-hydrogen) atoms. The minimum Gasteiger partial charge on any atom is -0.462 e. The molecule has 0 aliphatic heterocycles. The van der Waals surface area contributed by atoms with Gasteiger partial charge in [-0.3, -0.25) is 4.79 Å². The van der Waals surface area contributed by atoms with Gasteiger partial charge in [-0.25, -0.2) is 4.79 Å². The molecule has 4 nitrogen and oxygen atoms in total. The van der Waals surface area contributed by atoms with Gasteiger partial charge in [-0.05, 0) is 24.6 Å². The molecule has 0 saturated carbocycles. The Morgan fingerprint density at radius 3 is 2.78 bits per heavy atom. The van der Waals surface area contributed by atoms with Crippen molar-refractivity contribution in [3.8, 4) is 12.3 Å². The van der Waals surface area contributed by atoms with Crippen LogP contribution in [0.25, 0.3) is 0 Å². The van der Waals surface area contributed by atoms with E-state index in [4.69, 9.17) is 11.2 Å². The van der Waals surface area contributed by atoms with E-state index in [1.807, 2.05) is 0 Å². The number of hydrogen-bond donors (Lipinski definition) is 1. The molecule has 1 N–H and O–H groups in total. The van der Waals surface area contributed by atoms with Crippen LogP contribution in [0, 0.1) is 12.3 Å². The predicted molar refractivity (Wildman–Crippen MR) is 68.2 cm³/mol. The number of carbonyl (C=O) groups excluding carboxylic acids is 2. The van der Waals surface area contributed by atoms with Crippen molar-refractivity contribution >= 4 is 11.9 Å². The van der Waals surface area contributed by atoms with Crippen LogP contribution >= 0.6 is 0 Å². The molecule has 1 amide bonds. The summed E-state index contributed by atoms with van der Waals surface area (Å²) in [5.74, 6) is 1.78. The number of terminal acetylenes is 1. The lowest BCUT2D eigenvalue weighted by molar-refractivity contribution is 0.0502. The average Bonchev–Trinajstić information content (AvgIpc) is 2.42. The van der Waals surface area contributed by atoms with Crippen LogP contribution in [0.4, 0.5) is 0 Å². The summed E-state index contributed by atoms with van der Waals surface area (Å²) in [6, 6.07) is 6.38. The number of hydrogen-bond acceptors (Lipinski definition) is 3. The van der Waals surface area contributed by atoms with Gasteiger partial charge in [-0.15, -0.1) is 12.3 Å². The Bertz CT molecular complexity index is 474. The zero-order valence-electron chi connectivity index (χ0n) is 10.2. The molecule has 4 heteroatoms. The first kappa shape index (κ1) is 13.8. The van der Waals surface area contributed by atoms with Gasteiger partial charge in [0.25, 0.3) is 5.91 Å². The number of carbonyl (C=O) groups is 2. The Balaban J connectivity index is 2.63. The van der Waals surface area contributed by atoms with E-state index >= 15 is 0 Å². The third kappa shape index (κ3) is 3.95. The zero-order chi connectivity index (χ0) is 13.4. The Hall–Kier alpha value is -2.28. The first-order chi connectivity index (χ1) is 8.69. The summed E-state index contributed by atoms with van der Waals surface area (Å²) in [6.45, 7) is 0.285.